The normalized spacial score (nSPS) is 17.2. The maximum Gasteiger partial charge on any atom is 0.164 e. The number of benzene rings is 2. The minimum Gasteiger partial charge on any atom is -0.457 e. The number of hydrogen-bond donors (Lipinski definition) is 1. The van der Waals surface area contributed by atoms with Gasteiger partial charge in [0.15, 0.2) is 5.65 Å². The van der Waals surface area contributed by atoms with Crippen LogP contribution in [0.3, 0.4) is 0 Å². The molecule has 2 aromatic carbocycles. The minimum absolute atomic E-state index is 0.160. The predicted molar refractivity (Wildman–Crippen MR) is 136 cm³/mol. The lowest BCUT2D eigenvalue weighted by molar-refractivity contribution is 0.0647. The Kier molecular flexibility index (Phi) is 5.96. The number of nitrogens with zero attached hydrogens (tertiary/aromatic N) is 5. The summed E-state index contributed by atoms with van der Waals surface area (Å²) in [4.78, 5) is 11.5. The Labute approximate surface area is 200 Å². The zero-order valence-corrected chi connectivity index (χ0v) is 20.1. The van der Waals surface area contributed by atoms with Crippen LogP contribution in [0.1, 0.15) is 46.1 Å². The van der Waals surface area contributed by atoms with Gasteiger partial charge in [-0.25, -0.2) is 14.6 Å². The zero-order chi connectivity index (χ0) is 23.7. The molecule has 0 bridgehead atoms. The molecule has 4 aromatic rings. The van der Waals surface area contributed by atoms with Gasteiger partial charge in [-0.2, -0.15) is 5.10 Å². The Morgan fingerprint density at radius 2 is 1.76 bits per heavy atom. The molecule has 1 atom stereocenters. The summed E-state index contributed by atoms with van der Waals surface area (Å²) in [5, 5.41) is 5.88. The summed E-state index contributed by atoms with van der Waals surface area (Å²) >= 11 is 0. The van der Waals surface area contributed by atoms with E-state index in [1.54, 1.807) is 0 Å². The Hall–Kier alpha value is -3.45. The van der Waals surface area contributed by atoms with Crippen LogP contribution in [0.25, 0.3) is 22.3 Å². The second-order valence-corrected chi connectivity index (χ2v) is 9.60. The lowest BCUT2D eigenvalue weighted by atomic mass is 9.94. The summed E-state index contributed by atoms with van der Waals surface area (Å²) in [6, 6.07) is 18.0. The van der Waals surface area contributed by atoms with Gasteiger partial charge in [-0.15, -0.1) is 0 Å². The van der Waals surface area contributed by atoms with Crippen LogP contribution in [0.4, 0.5) is 5.82 Å². The molecule has 0 aliphatic carbocycles. The molecule has 0 radical (unpaired) electrons. The third kappa shape index (κ3) is 4.23. The topological polar surface area (TPSA) is 82.1 Å². The van der Waals surface area contributed by atoms with Crippen LogP contribution >= 0.6 is 0 Å². The van der Waals surface area contributed by atoms with Crippen LogP contribution in [-0.4, -0.2) is 43.3 Å². The van der Waals surface area contributed by atoms with Gasteiger partial charge in [0, 0.05) is 17.6 Å². The van der Waals surface area contributed by atoms with Crippen molar-refractivity contribution < 1.29 is 4.74 Å². The number of likely N-dealkylation sites (tertiary alicyclic amines) is 1. The molecule has 176 valence electrons. The molecule has 7 nitrogen and oxygen atoms in total. The van der Waals surface area contributed by atoms with E-state index in [9.17, 15) is 0 Å². The zero-order valence-electron chi connectivity index (χ0n) is 20.1. The van der Waals surface area contributed by atoms with E-state index >= 15 is 0 Å². The van der Waals surface area contributed by atoms with E-state index in [1.165, 1.54) is 6.33 Å². The molecule has 34 heavy (non-hydrogen) atoms. The fraction of sp³-hybridized carbons (Fsp3) is 0.370. The Balaban J connectivity index is 1.49. The summed E-state index contributed by atoms with van der Waals surface area (Å²) in [6.45, 7) is 8.96. The molecule has 1 aliphatic heterocycles. The molecule has 2 N–H and O–H groups in total. The summed E-state index contributed by atoms with van der Waals surface area (Å²) < 4.78 is 8.03. The largest absolute Gasteiger partial charge is 0.457 e. The van der Waals surface area contributed by atoms with Crippen LogP contribution in [0.2, 0.25) is 0 Å². The number of fused-ring (bicyclic) bond motifs is 1. The molecule has 2 aromatic heterocycles. The summed E-state index contributed by atoms with van der Waals surface area (Å²) in [7, 11) is 0. The molecule has 1 aliphatic rings. The second kappa shape index (κ2) is 9.06. The van der Waals surface area contributed by atoms with Crippen LogP contribution in [0.5, 0.6) is 11.5 Å². The monoisotopic (exact) mass is 456 g/mol. The maximum atomic E-state index is 6.35. The van der Waals surface area contributed by atoms with Crippen molar-refractivity contribution in [2.24, 2.45) is 0 Å². The van der Waals surface area contributed by atoms with Crippen molar-refractivity contribution in [3.63, 3.8) is 0 Å². The maximum absolute atomic E-state index is 6.35. The van der Waals surface area contributed by atoms with Crippen molar-refractivity contribution in [2.45, 2.75) is 51.6 Å². The van der Waals surface area contributed by atoms with Gasteiger partial charge in [-0.05, 0) is 76.1 Å². The minimum atomic E-state index is 0.160. The number of nitrogen functional groups attached to an aromatic ring is 1. The van der Waals surface area contributed by atoms with E-state index in [0.29, 0.717) is 5.82 Å². The van der Waals surface area contributed by atoms with Gasteiger partial charge in [0.2, 0.25) is 0 Å². The number of para-hydroxylation sites is 1. The van der Waals surface area contributed by atoms with Crippen molar-refractivity contribution in [3.8, 4) is 22.8 Å². The quantitative estimate of drug-likeness (QED) is 0.401. The van der Waals surface area contributed by atoms with E-state index in [2.05, 4.69) is 40.3 Å². The fourth-order valence-electron chi connectivity index (χ4n) is 4.69. The third-order valence-corrected chi connectivity index (χ3v) is 7.09. The average molecular weight is 457 g/mol. The third-order valence-electron chi connectivity index (χ3n) is 7.09. The van der Waals surface area contributed by atoms with E-state index in [1.807, 2.05) is 54.6 Å². The first-order valence-corrected chi connectivity index (χ1v) is 12.0. The van der Waals surface area contributed by atoms with E-state index in [0.717, 1.165) is 66.1 Å². The Bertz CT molecular complexity index is 1270. The number of ether oxygens (including phenoxy) is 1. The number of rotatable bonds is 6. The first-order valence-electron chi connectivity index (χ1n) is 12.0. The number of aromatic nitrogens is 4. The highest BCUT2D eigenvalue weighted by Gasteiger charge is 2.32. The first-order chi connectivity index (χ1) is 16.5. The molecule has 0 amide bonds. The SMILES string of the molecule is CCC(C)(C)N1CCCC(n2nc(-c3ccc(Oc4ccccc4)cc3)c3c(N)ncnc32)C1. The van der Waals surface area contributed by atoms with Gasteiger partial charge in [0.25, 0.3) is 0 Å². The van der Waals surface area contributed by atoms with Crippen molar-refractivity contribution >= 4 is 16.9 Å². The summed E-state index contributed by atoms with van der Waals surface area (Å²) in [5.74, 6) is 2.03. The highest BCUT2D eigenvalue weighted by Crippen LogP contribution is 2.36. The van der Waals surface area contributed by atoms with Crippen molar-refractivity contribution in [3.05, 3.63) is 60.9 Å². The predicted octanol–water partition coefficient (Wildman–Crippen LogP) is 5.69. The molecule has 3 heterocycles. The van der Waals surface area contributed by atoms with E-state index < -0.39 is 0 Å². The van der Waals surface area contributed by atoms with Gasteiger partial charge in [-0.3, -0.25) is 4.90 Å². The smallest absolute Gasteiger partial charge is 0.164 e. The molecule has 1 unspecified atom stereocenters. The van der Waals surface area contributed by atoms with Crippen molar-refractivity contribution in [2.75, 3.05) is 18.8 Å². The molecule has 7 heteroatoms. The molecule has 0 spiro atoms. The standard InChI is InChI=1S/C27H32N6O/c1-4-27(2,3)32-16-8-9-20(17-32)33-26-23(25(28)29-18-30-26)24(31-33)19-12-14-22(15-13-19)34-21-10-6-5-7-11-21/h5-7,10-15,18,20H,4,8-9,16-17H2,1-3H3,(H2,28,29,30). The van der Waals surface area contributed by atoms with E-state index in [-0.39, 0.29) is 11.6 Å². The van der Waals surface area contributed by atoms with Gasteiger partial charge < -0.3 is 10.5 Å². The lowest BCUT2D eigenvalue weighted by Gasteiger charge is -2.43. The van der Waals surface area contributed by atoms with Crippen LogP contribution in [-0.2, 0) is 0 Å². The average Bonchev–Trinajstić information content (AvgIpc) is 3.26. The van der Waals surface area contributed by atoms with Crippen molar-refractivity contribution in [1.82, 2.24) is 24.6 Å². The molecule has 0 saturated carbocycles. The second-order valence-electron chi connectivity index (χ2n) is 9.60. The van der Waals surface area contributed by atoms with Crippen LogP contribution in [0, 0.1) is 0 Å². The van der Waals surface area contributed by atoms with Gasteiger partial charge in [0.1, 0.15) is 29.3 Å². The molecular formula is C27H32N6O. The Morgan fingerprint density at radius 3 is 2.50 bits per heavy atom. The number of hydrogen-bond acceptors (Lipinski definition) is 6. The van der Waals surface area contributed by atoms with Crippen LogP contribution in [0.15, 0.2) is 60.9 Å². The van der Waals surface area contributed by atoms with Crippen LogP contribution < -0.4 is 10.5 Å². The fourth-order valence-corrected chi connectivity index (χ4v) is 4.69. The van der Waals surface area contributed by atoms with E-state index in [4.69, 9.17) is 15.6 Å². The molecule has 5 rings (SSSR count). The number of nitrogens with two attached hydrogens (primary N) is 1. The number of piperidine rings is 1. The molecule has 1 saturated heterocycles. The Morgan fingerprint density at radius 1 is 1.03 bits per heavy atom. The van der Waals surface area contributed by atoms with Gasteiger partial charge in [-0.1, -0.05) is 25.1 Å². The van der Waals surface area contributed by atoms with Crippen molar-refractivity contribution in [1.29, 1.82) is 0 Å². The van der Waals surface area contributed by atoms with Gasteiger partial charge >= 0.3 is 0 Å². The number of anilines is 1. The molecular weight excluding hydrogens is 424 g/mol. The highest BCUT2D eigenvalue weighted by atomic mass is 16.5. The first kappa shape index (κ1) is 22.3. The molecule has 1 fully saturated rings. The van der Waals surface area contributed by atoms with Gasteiger partial charge in [0.05, 0.1) is 11.4 Å². The summed E-state index contributed by atoms with van der Waals surface area (Å²) in [6.07, 6.45) is 4.85. The summed E-state index contributed by atoms with van der Waals surface area (Å²) in [5.41, 5.74) is 9.08. The highest BCUT2D eigenvalue weighted by molar-refractivity contribution is 5.98. The lowest BCUT2D eigenvalue weighted by Crippen LogP contribution is -2.49.